The van der Waals surface area contributed by atoms with Crippen LogP contribution in [0.1, 0.15) is 17.5 Å². The molecule has 0 spiro atoms. The highest BCUT2D eigenvalue weighted by Gasteiger charge is 2.41. The van der Waals surface area contributed by atoms with Crippen LogP contribution in [0.5, 0.6) is 5.75 Å². The minimum Gasteiger partial charge on any atom is -0.489 e. The summed E-state index contributed by atoms with van der Waals surface area (Å²) in [5, 5.41) is 5.08. The summed E-state index contributed by atoms with van der Waals surface area (Å²) < 4.78 is 5.83. The van der Waals surface area contributed by atoms with Crippen molar-refractivity contribution in [2.24, 2.45) is 0 Å². The molecule has 0 atom stereocenters. The number of carbonyl (C=O) groups is 1. The monoisotopic (exact) mass is 433 g/mol. The molecular formula is C30H27NO2. The zero-order valence-corrected chi connectivity index (χ0v) is 18.5. The summed E-state index contributed by atoms with van der Waals surface area (Å²) >= 11 is 0. The lowest BCUT2D eigenvalue weighted by molar-refractivity contribution is -0.120. The predicted octanol–water partition coefficient (Wildman–Crippen LogP) is 6.91. The molecule has 33 heavy (non-hydrogen) atoms. The summed E-state index contributed by atoms with van der Waals surface area (Å²) in [6, 6.07) is 31.5. The highest BCUT2D eigenvalue weighted by atomic mass is 16.5. The van der Waals surface area contributed by atoms with E-state index < -0.39 is 5.41 Å². The van der Waals surface area contributed by atoms with Crippen LogP contribution in [-0.2, 0) is 10.2 Å². The molecule has 4 rings (SSSR count). The van der Waals surface area contributed by atoms with Crippen molar-refractivity contribution in [2.75, 3.05) is 11.9 Å². The van der Waals surface area contributed by atoms with E-state index in [1.807, 2.05) is 103 Å². The average molecular weight is 434 g/mol. The van der Waals surface area contributed by atoms with Crippen LogP contribution in [0.15, 0.2) is 122 Å². The normalized spacial score (nSPS) is 11.0. The van der Waals surface area contributed by atoms with E-state index in [0.717, 1.165) is 33.3 Å². The van der Waals surface area contributed by atoms with Crippen molar-refractivity contribution >= 4 is 22.4 Å². The lowest BCUT2D eigenvalue weighted by Crippen LogP contribution is -2.41. The van der Waals surface area contributed by atoms with Gasteiger partial charge in [-0.3, -0.25) is 4.79 Å². The number of anilines is 1. The Bertz CT molecular complexity index is 1220. The van der Waals surface area contributed by atoms with Gasteiger partial charge in [-0.25, -0.2) is 0 Å². The van der Waals surface area contributed by atoms with Gasteiger partial charge in [-0.1, -0.05) is 104 Å². The Labute approximate surface area is 195 Å². The second kappa shape index (κ2) is 10.0. The highest BCUT2D eigenvalue weighted by molar-refractivity contribution is 6.08. The van der Waals surface area contributed by atoms with Gasteiger partial charge in [0, 0.05) is 16.5 Å². The number of hydrogen-bond donors (Lipinski definition) is 1. The molecule has 0 heterocycles. The Hall–Kier alpha value is -4.11. The third-order valence-corrected chi connectivity index (χ3v) is 5.86. The van der Waals surface area contributed by atoms with Gasteiger partial charge in [-0.2, -0.15) is 0 Å². The second-order valence-electron chi connectivity index (χ2n) is 7.84. The number of nitrogens with one attached hydrogen (secondary N) is 1. The Balaban J connectivity index is 1.83. The molecule has 4 aromatic rings. The van der Waals surface area contributed by atoms with Gasteiger partial charge < -0.3 is 10.1 Å². The Morgan fingerprint density at radius 1 is 0.758 bits per heavy atom. The van der Waals surface area contributed by atoms with Crippen molar-refractivity contribution in [1.29, 1.82) is 0 Å². The van der Waals surface area contributed by atoms with Crippen LogP contribution >= 0.6 is 0 Å². The zero-order valence-electron chi connectivity index (χ0n) is 18.5. The molecule has 0 aliphatic rings. The van der Waals surface area contributed by atoms with Crippen molar-refractivity contribution in [3.05, 3.63) is 133 Å². The summed E-state index contributed by atoms with van der Waals surface area (Å²) in [6.07, 6.45) is 3.99. The van der Waals surface area contributed by atoms with Crippen molar-refractivity contribution in [3.63, 3.8) is 0 Å². The van der Waals surface area contributed by atoms with E-state index in [2.05, 4.69) is 18.5 Å². The van der Waals surface area contributed by atoms with Gasteiger partial charge in [0.25, 0.3) is 0 Å². The topological polar surface area (TPSA) is 38.3 Å². The van der Waals surface area contributed by atoms with Crippen LogP contribution in [-0.4, -0.2) is 12.5 Å². The molecule has 0 saturated carbocycles. The maximum absolute atomic E-state index is 14.1. The van der Waals surface area contributed by atoms with Gasteiger partial charge in [-0.15, -0.1) is 6.58 Å². The average Bonchev–Trinajstić information content (AvgIpc) is 2.88. The smallest absolute Gasteiger partial charge is 0.239 e. The second-order valence-corrected chi connectivity index (χ2v) is 7.84. The number of ether oxygens (including phenoxy) is 1. The number of allylic oxidation sites excluding steroid dienone is 1. The predicted molar refractivity (Wildman–Crippen MR) is 137 cm³/mol. The third kappa shape index (κ3) is 4.31. The molecule has 0 saturated heterocycles. The molecule has 0 aliphatic heterocycles. The molecule has 0 fully saturated rings. The van der Waals surface area contributed by atoms with E-state index in [1.165, 1.54) is 0 Å². The van der Waals surface area contributed by atoms with E-state index in [4.69, 9.17) is 4.74 Å². The lowest BCUT2D eigenvalue weighted by atomic mass is 9.71. The summed E-state index contributed by atoms with van der Waals surface area (Å²) in [5.74, 6) is 0.650. The van der Waals surface area contributed by atoms with Crippen molar-refractivity contribution < 1.29 is 9.53 Å². The maximum Gasteiger partial charge on any atom is 0.239 e. The van der Waals surface area contributed by atoms with Crippen LogP contribution in [0, 0.1) is 0 Å². The van der Waals surface area contributed by atoms with E-state index >= 15 is 0 Å². The van der Waals surface area contributed by atoms with Gasteiger partial charge in [0.05, 0.1) is 0 Å². The Kier molecular flexibility index (Phi) is 6.70. The number of amides is 1. The minimum absolute atomic E-state index is 0.107. The van der Waals surface area contributed by atoms with Gasteiger partial charge in [0.1, 0.15) is 17.8 Å². The fourth-order valence-corrected chi connectivity index (χ4v) is 4.30. The van der Waals surface area contributed by atoms with E-state index in [9.17, 15) is 4.79 Å². The van der Waals surface area contributed by atoms with E-state index in [1.54, 1.807) is 6.08 Å². The molecule has 0 aliphatic carbocycles. The number of rotatable bonds is 9. The fraction of sp³-hybridized carbons (Fsp3) is 0.100. The number of fused-ring (bicyclic) bond motifs is 1. The number of hydrogen-bond acceptors (Lipinski definition) is 2. The van der Waals surface area contributed by atoms with Crippen LogP contribution in [0.25, 0.3) is 10.8 Å². The summed E-state index contributed by atoms with van der Waals surface area (Å²) in [6.45, 7) is 8.11. The van der Waals surface area contributed by atoms with Crippen molar-refractivity contribution in [3.8, 4) is 5.75 Å². The van der Waals surface area contributed by atoms with E-state index in [-0.39, 0.29) is 5.91 Å². The van der Waals surface area contributed by atoms with Gasteiger partial charge in [0.2, 0.25) is 5.91 Å². The molecular weight excluding hydrogens is 406 g/mol. The Morgan fingerprint density at radius 2 is 1.33 bits per heavy atom. The van der Waals surface area contributed by atoms with Crippen LogP contribution < -0.4 is 10.1 Å². The third-order valence-electron chi connectivity index (χ3n) is 5.86. The molecule has 3 nitrogen and oxygen atoms in total. The molecule has 1 amide bonds. The zero-order chi connectivity index (χ0) is 23.1. The first kappa shape index (κ1) is 22.1. The SMILES string of the molecule is C=CCOc1ccc(NC(=O)C(CC=C)(c2ccccc2)c2ccccc2)c2ccccc12. The summed E-state index contributed by atoms with van der Waals surface area (Å²) in [7, 11) is 0. The van der Waals surface area contributed by atoms with Crippen LogP contribution in [0.2, 0.25) is 0 Å². The quantitative estimate of drug-likeness (QED) is 0.291. The number of benzene rings is 4. The van der Waals surface area contributed by atoms with E-state index in [0.29, 0.717) is 13.0 Å². The van der Waals surface area contributed by atoms with Gasteiger partial charge in [0.15, 0.2) is 0 Å². The fourth-order valence-electron chi connectivity index (χ4n) is 4.30. The molecule has 0 bridgehead atoms. The number of carbonyl (C=O) groups excluding carboxylic acids is 1. The summed E-state index contributed by atoms with van der Waals surface area (Å²) in [5.41, 5.74) is 1.66. The van der Waals surface area contributed by atoms with Crippen LogP contribution in [0.4, 0.5) is 5.69 Å². The molecule has 164 valence electrons. The molecule has 3 heteroatoms. The van der Waals surface area contributed by atoms with Crippen molar-refractivity contribution in [1.82, 2.24) is 0 Å². The molecule has 1 N–H and O–H groups in total. The first-order chi connectivity index (χ1) is 16.2. The van der Waals surface area contributed by atoms with Crippen LogP contribution in [0.3, 0.4) is 0 Å². The molecule has 4 aromatic carbocycles. The standard InChI is InChI=1S/C30H27NO2/c1-3-21-30(23-13-7-5-8-14-23,24-15-9-6-10-16-24)29(32)31-27-19-20-28(33-22-4-2)26-18-12-11-17-25(26)27/h3-20H,1-2,21-22H2,(H,31,32). The Morgan fingerprint density at radius 3 is 1.91 bits per heavy atom. The van der Waals surface area contributed by atoms with Gasteiger partial charge in [-0.05, 0) is 29.7 Å². The van der Waals surface area contributed by atoms with Gasteiger partial charge >= 0.3 is 0 Å². The highest BCUT2D eigenvalue weighted by Crippen LogP contribution is 2.39. The first-order valence-electron chi connectivity index (χ1n) is 11.0. The molecule has 0 unspecified atom stereocenters. The van der Waals surface area contributed by atoms with Crippen molar-refractivity contribution in [2.45, 2.75) is 11.8 Å². The maximum atomic E-state index is 14.1. The minimum atomic E-state index is -0.913. The summed E-state index contributed by atoms with van der Waals surface area (Å²) in [4.78, 5) is 14.1. The lowest BCUT2D eigenvalue weighted by Gasteiger charge is -2.33. The molecule has 0 radical (unpaired) electrons. The first-order valence-corrected chi connectivity index (χ1v) is 11.0. The largest absolute Gasteiger partial charge is 0.489 e. The molecule has 0 aromatic heterocycles.